The number of nitriles is 1. The smallest absolute Gasteiger partial charge is 0.263 e. The van der Waals surface area contributed by atoms with Crippen molar-refractivity contribution in [1.29, 1.82) is 5.26 Å². The molecular weight excluding hydrogens is 448 g/mol. The summed E-state index contributed by atoms with van der Waals surface area (Å²) in [4.78, 5) is 21.0. The van der Waals surface area contributed by atoms with Gasteiger partial charge in [-0.1, -0.05) is 0 Å². The summed E-state index contributed by atoms with van der Waals surface area (Å²) >= 11 is 1.33. The number of nitrogens with two attached hydrogens (primary N) is 2. The third-order valence-corrected chi connectivity index (χ3v) is 8.01. The van der Waals surface area contributed by atoms with Crippen LogP contribution in [0.5, 0.6) is 0 Å². The van der Waals surface area contributed by atoms with Crippen LogP contribution in [0.4, 0.5) is 11.4 Å². The molecule has 0 unspecified atom stereocenters. The number of hydrogen-bond donors (Lipinski definition) is 3. The third kappa shape index (κ3) is 3.98. The van der Waals surface area contributed by atoms with E-state index in [0.717, 1.165) is 40.0 Å². The van der Waals surface area contributed by atoms with Crippen molar-refractivity contribution in [2.45, 2.75) is 44.4 Å². The van der Waals surface area contributed by atoms with Gasteiger partial charge in [0.15, 0.2) is 0 Å². The van der Waals surface area contributed by atoms with E-state index in [0.29, 0.717) is 35.6 Å². The molecule has 1 saturated heterocycles. The van der Waals surface area contributed by atoms with Gasteiger partial charge in [-0.05, 0) is 61.6 Å². The summed E-state index contributed by atoms with van der Waals surface area (Å²) in [7, 11) is 1.67. The van der Waals surface area contributed by atoms with Crippen molar-refractivity contribution >= 4 is 38.8 Å². The second-order valence-corrected chi connectivity index (χ2v) is 10.2. The molecule has 2 aliphatic rings. The van der Waals surface area contributed by atoms with E-state index in [1.165, 1.54) is 16.9 Å². The topological polar surface area (TPSA) is 130 Å². The highest BCUT2D eigenvalue weighted by Crippen LogP contribution is 2.34. The van der Waals surface area contributed by atoms with Crippen molar-refractivity contribution in [2.75, 3.05) is 30.8 Å². The number of fused-ring (bicyclic) bond motifs is 2. The van der Waals surface area contributed by atoms with Gasteiger partial charge in [-0.2, -0.15) is 5.26 Å². The van der Waals surface area contributed by atoms with Crippen molar-refractivity contribution in [3.8, 4) is 6.07 Å². The molecule has 3 atom stereocenters. The normalized spacial score (nSPS) is 21.9. The Balaban J connectivity index is 1.34. The van der Waals surface area contributed by atoms with Crippen LogP contribution in [0.2, 0.25) is 0 Å². The first-order chi connectivity index (χ1) is 16.4. The molecule has 34 heavy (non-hydrogen) atoms. The van der Waals surface area contributed by atoms with Crippen LogP contribution in [0.3, 0.4) is 0 Å². The zero-order valence-electron chi connectivity index (χ0n) is 19.3. The number of ether oxygens (including phenoxy) is 1. The number of amides is 1. The van der Waals surface area contributed by atoms with Crippen molar-refractivity contribution in [3.63, 3.8) is 0 Å². The molecule has 9 heteroatoms. The summed E-state index contributed by atoms with van der Waals surface area (Å²) in [6, 6.07) is 10.2. The number of benzene rings is 1. The Hall–Kier alpha value is -3.19. The molecule has 1 amide bonds. The minimum atomic E-state index is -0.166. The van der Waals surface area contributed by atoms with Gasteiger partial charge < -0.3 is 26.4 Å². The number of aromatic nitrogens is 1. The van der Waals surface area contributed by atoms with Crippen molar-refractivity contribution in [1.82, 2.24) is 10.3 Å². The summed E-state index contributed by atoms with van der Waals surface area (Å²) in [5.74, 6) is -0.166. The summed E-state index contributed by atoms with van der Waals surface area (Å²) in [6.07, 6.45) is 2.29. The fraction of sp³-hybridized carbons (Fsp3) is 0.400. The summed E-state index contributed by atoms with van der Waals surface area (Å²) in [5, 5.41) is 13.8. The molecule has 5 rings (SSSR count). The van der Waals surface area contributed by atoms with Gasteiger partial charge in [-0.3, -0.25) is 4.79 Å². The first-order valence-electron chi connectivity index (χ1n) is 11.4. The number of anilines is 2. The van der Waals surface area contributed by atoms with Crippen molar-refractivity contribution < 1.29 is 9.53 Å². The van der Waals surface area contributed by atoms with Crippen molar-refractivity contribution in [3.05, 3.63) is 51.5 Å². The highest BCUT2D eigenvalue weighted by molar-refractivity contribution is 7.21. The first-order valence-corrected chi connectivity index (χ1v) is 12.2. The molecule has 3 heterocycles. The van der Waals surface area contributed by atoms with Gasteiger partial charge in [0.1, 0.15) is 15.8 Å². The number of carbonyl (C=O) groups excluding carboxylic acids is 1. The molecular formula is C25H28N6O2S. The van der Waals surface area contributed by atoms with E-state index < -0.39 is 0 Å². The van der Waals surface area contributed by atoms with E-state index in [1.54, 1.807) is 7.11 Å². The zero-order chi connectivity index (χ0) is 24.0. The lowest BCUT2D eigenvalue weighted by Gasteiger charge is -2.28. The van der Waals surface area contributed by atoms with Crippen LogP contribution in [0.15, 0.2) is 24.3 Å². The van der Waals surface area contributed by atoms with Gasteiger partial charge >= 0.3 is 0 Å². The lowest BCUT2D eigenvalue weighted by atomic mass is 9.86. The Morgan fingerprint density at radius 1 is 1.32 bits per heavy atom. The number of hydrogen-bond acceptors (Lipinski definition) is 8. The Bertz CT molecular complexity index is 1310. The Morgan fingerprint density at radius 3 is 2.88 bits per heavy atom. The van der Waals surface area contributed by atoms with Gasteiger partial charge in [-0.25, -0.2) is 4.98 Å². The number of rotatable bonds is 4. The van der Waals surface area contributed by atoms with Crippen LogP contribution >= 0.6 is 11.3 Å². The number of nitrogens with one attached hydrogen (secondary N) is 1. The molecule has 1 aliphatic heterocycles. The Kier molecular flexibility index (Phi) is 5.90. The maximum atomic E-state index is 13.1. The molecule has 2 aromatic heterocycles. The minimum absolute atomic E-state index is 0.0187. The number of carbonyl (C=O) groups is 1. The second kappa shape index (κ2) is 8.87. The predicted octanol–water partition coefficient (Wildman–Crippen LogP) is 2.51. The van der Waals surface area contributed by atoms with Gasteiger partial charge in [0.05, 0.1) is 29.1 Å². The van der Waals surface area contributed by atoms with Crippen LogP contribution in [-0.2, 0) is 17.6 Å². The van der Waals surface area contributed by atoms with E-state index in [-0.39, 0.29) is 24.1 Å². The largest absolute Gasteiger partial charge is 0.397 e. The lowest BCUT2D eigenvalue weighted by molar-refractivity contribution is 0.0938. The first kappa shape index (κ1) is 22.6. The molecule has 0 radical (unpaired) electrons. The average Bonchev–Trinajstić information content (AvgIpc) is 3.37. The molecule has 176 valence electrons. The molecule has 1 aliphatic carbocycles. The minimum Gasteiger partial charge on any atom is -0.397 e. The number of nitrogens with zero attached hydrogens (tertiary/aromatic N) is 3. The maximum Gasteiger partial charge on any atom is 0.263 e. The number of aryl methyl sites for hydroxylation is 2. The van der Waals surface area contributed by atoms with Crippen molar-refractivity contribution in [2.24, 2.45) is 5.73 Å². The van der Waals surface area contributed by atoms with Crippen LogP contribution in [0.25, 0.3) is 10.2 Å². The lowest BCUT2D eigenvalue weighted by Crippen LogP contribution is -2.39. The van der Waals surface area contributed by atoms with Gasteiger partial charge in [0, 0.05) is 37.3 Å². The maximum absolute atomic E-state index is 13.1. The van der Waals surface area contributed by atoms with Crippen LogP contribution in [-0.4, -0.2) is 49.3 Å². The zero-order valence-corrected chi connectivity index (χ0v) is 20.1. The van der Waals surface area contributed by atoms with Gasteiger partial charge in [0.25, 0.3) is 5.91 Å². The summed E-state index contributed by atoms with van der Waals surface area (Å²) in [5.41, 5.74) is 17.7. The molecule has 5 N–H and O–H groups in total. The summed E-state index contributed by atoms with van der Waals surface area (Å²) in [6.45, 7) is 3.26. The Labute approximate surface area is 202 Å². The molecule has 0 spiro atoms. The quantitative estimate of drug-likeness (QED) is 0.527. The average molecular weight is 477 g/mol. The molecule has 3 aromatic rings. The highest BCUT2D eigenvalue weighted by atomic mass is 32.1. The fourth-order valence-corrected chi connectivity index (χ4v) is 6.07. The third-order valence-electron chi connectivity index (χ3n) is 6.89. The molecule has 1 aromatic carbocycles. The Morgan fingerprint density at radius 2 is 2.15 bits per heavy atom. The summed E-state index contributed by atoms with van der Waals surface area (Å²) < 4.78 is 5.48. The fourth-order valence-electron chi connectivity index (χ4n) is 5.03. The van der Waals surface area contributed by atoms with Crippen LogP contribution < -0.4 is 21.7 Å². The monoisotopic (exact) mass is 476 g/mol. The SMILES string of the molecule is CO[C@H]1CN(c2cc3c(cc2C#N)C[C@@H](NC(=O)c2sc4nc(C)ccc4c2N)CC3)C[C@@H]1N. The number of nitrogen functional groups attached to an aromatic ring is 1. The van der Waals surface area contributed by atoms with Gasteiger partial charge in [-0.15, -0.1) is 11.3 Å². The molecule has 1 fully saturated rings. The molecule has 8 nitrogen and oxygen atoms in total. The number of pyridine rings is 1. The molecule has 0 bridgehead atoms. The number of thiophene rings is 1. The van der Waals surface area contributed by atoms with Crippen LogP contribution in [0.1, 0.15) is 38.5 Å². The number of methoxy groups -OCH3 is 1. The van der Waals surface area contributed by atoms with E-state index in [1.807, 2.05) is 25.1 Å². The highest BCUT2D eigenvalue weighted by Gasteiger charge is 2.32. The van der Waals surface area contributed by atoms with E-state index in [9.17, 15) is 10.1 Å². The predicted molar refractivity (Wildman–Crippen MR) is 134 cm³/mol. The van der Waals surface area contributed by atoms with E-state index >= 15 is 0 Å². The standard InChI is InChI=1S/C25H28N6O2S/c1-13-3-6-18-22(28)23(34-25(18)29-13)24(32)30-17-5-4-14-9-20(16(10-26)7-15(14)8-17)31-11-19(27)21(12-31)33-2/h3,6-7,9,17,19,21H,4-5,8,11-12,27-28H2,1-2H3,(H,30,32)/t17-,19-,21-/m0/s1. The van der Waals surface area contributed by atoms with E-state index in [4.69, 9.17) is 16.2 Å². The molecule has 0 saturated carbocycles. The second-order valence-electron chi connectivity index (χ2n) is 9.16. The van der Waals surface area contributed by atoms with Crippen LogP contribution in [0, 0.1) is 18.3 Å². The van der Waals surface area contributed by atoms with Gasteiger partial charge in [0.2, 0.25) is 0 Å². The van der Waals surface area contributed by atoms with E-state index in [2.05, 4.69) is 27.3 Å².